The summed E-state index contributed by atoms with van der Waals surface area (Å²) in [4.78, 5) is 29.5. The molecule has 0 spiro atoms. The molecule has 3 rings (SSSR count). The third-order valence-electron chi connectivity index (χ3n) is 5.72. The van der Waals surface area contributed by atoms with E-state index >= 15 is 0 Å². The molecule has 0 saturated carbocycles. The molecule has 30 heavy (non-hydrogen) atoms. The highest BCUT2D eigenvalue weighted by Crippen LogP contribution is 2.34. The number of amides is 2. The summed E-state index contributed by atoms with van der Waals surface area (Å²) >= 11 is 0. The molecule has 1 N–H and O–H groups in total. The van der Waals surface area contributed by atoms with E-state index in [1.165, 1.54) is 0 Å². The van der Waals surface area contributed by atoms with Crippen LogP contribution in [-0.2, 0) is 9.59 Å². The summed E-state index contributed by atoms with van der Waals surface area (Å²) in [6.45, 7) is 10.4. The van der Waals surface area contributed by atoms with E-state index in [1.54, 1.807) is 12.0 Å². The van der Waals surface area contributed by atoms with Crippen LogP contribution < -0.4 is 19.9 Å². The zero-order valence-corrected chi connectivity index (χ0v) is 18.5. The summed E-state index contributed by atoms with van der Waals surface area (Å²) in [5.41, 5.74) is 4.70. The molecule has 1 unspecified atom stereocenters. The number of anilines is 3. The van der Waals surface area contributed by atoms with Crippen molar-refractivity contribution in [2.75, 3.05) is 41.9 Å². The van der Waals surface area contributed by atoms with Crippen molar-refractivity contribution in [2.45, 2.75) is 34.1 Å². The van der Waals surface area contributed by atoms with Gasteiger partial charge in [0.1, 0.15) is 5.75 Å². The maximum absolute atomic E-state index is 12.9. The number of methoxy groups -OCH3 is 1. The predicted molar refractivity (Wildman–Crippen MR) is 122 cm³/mol. The van der Waals surface area contributed by atoms with Crippen LogP contribution in [0.2, 0.25) is 0 Å². The Morgan fingerprint density at radius 3 is 2.53 bits per heavy atom. The number of hydrogen-bond donors (Lipinski definition) is 1. The lowest BCUT2D eigenvalue weighted by molar-refractivity contribution is -0.122. The molecule has 0 radical (unpaired) electrons. The minimum atomic E-state index is -0.399. The van der Waals surface area contributed by atoms with Gasteiger partial charge in [-0.15, -0.1) is 0 Å². The van der Waals surface area contributed by atoms with E-state index in [0.29, 0.717) is 12.3 Å². The van der Waals surface area contributed by atoms with E-state index in [9.17, 15) is 9.59 Å². The Balaban J connectivity index is 1.73. The number of hydrogen-bond acceptors (Lipinski definition) is 4. The van der Waals surface area contributed by atoms with Crippen molar-refractivity contribution in [3.8, 4) is 5.75 Å². The highest BCUT2D eigenvalue weighted by Gasteiger charge is 2.36. The lowest BCUT2D eigenvalue weighted by atomic mass is 10.1. The molecule has 6 heteroatoms. The lowest BCUT2D eigenvalue weighted by Crippen LogP contribution is -2.28. The number of carbonyl (C=O) groups excluding carboxylic acids is 2. The Morgan fingerprint density at radius 1 is 1.17 bits per heavy atom. The largest absolute Gasteiger partial charge is 0.495 e. The second-order valence-corrected chi connectivity index (χ2v) is 7.74. The summed E-state index contributed by atoms with van der Waals surface area (Å²) in [5, 5.41) is 3.02. The second-order valence-electron chi connectivity index (χ2n) is 7.74. The summed E-state index contributed by atoms with van der Waals surface area (Å²) < 4.78 is 5.42. The first-order valence-electron chi connectivity index (χ1n) is 10.5. The number of rotatable bonds is 7. The van der Waals surface area contributed by atoms with Gasteiger partial charge >= 0.3 is 0 Å². The van der Waals surface area contributed by atoms with Crippen molar-refractivity contribution in [1.82, 2.24) is 0 Å². The zero-order valence-electron chi connectivity index (χ0n) is 18.5. The van der Waals surface area contributed by atoms with Gasteiger partial charge in [0.05, 0.1) is 18.7 Å². The van der Waals surface area contributed by atoms with Crippen LogP contribution in [0.1, 0.15) is 31.4 Å². The van der Waals surface area contributed by atoms with Gasteiger partial charge in [-0.05, 0) is 69.2 Å². The monoisotopic (exact) mass is 409 g/mol. The molecule has 2 aromatic carbocycles. The van der Waals surface area contributed by atoms with Crippen molar-refractivity contribution in [3.63, 3.8) is 0 Å². The van der Waals surface area contributed by atoms with E-state index in [-0.39, 0.29) is 18.2 Å². The SMILES string of the molecule is CCN(CC)c1ccc(NC(=O)C2CC(=O)N(c3cc(C)ccc3OC)C2)c(C)c1. The lowest BCUT2D eigenvalue weighted by Gasteiger charge is -2.22. The number of nitrogens with zero attached hydrogens (tertiary/aromatic N) is 2. The number of nitrogens with one attached hydrogen (secondary N) is 1. The molecule has 6 nitrogen and oxygen atoms in total. The Hall–Kier alpha value is -3.02. The molecule has 2 aromatic rings. The highest BCUT2D eigenvalue weighted by atomic mass is 16.5. The smallest absolute Gasteiger partial charge is 0.229 e. The van der Waals surface area contributed by atoms with E-state index in [1.807, 2.05) is 44.2 Å². The van der Waals surface area contributed by atoms with Gasteiger partial charge < -0.3 is 19.9 Å². The minimum absolute atomic E-state index is 0.0624. The molecule has 1 fully saturated rings. The third-order valence-corrected chi connectivity index (χ3v) is 5.72. The molecule has 1 aliphatic rings. The summed E-state index contributed by atoms with van der Waals surface area (Å²) in [6, 6.07) is 11.8. The van der Waals surface area contributed by atoms with E-state index < -0.39 is 5.92 Å². The molecule has 1 aliphatic heterocycles. The molecule has 2 amide bonds. The Kier molecular flexibility index (Phi) is 6.65. The second kappa shape index (κ2) is 9.20. The van der Waals surface area contributed by atoms with Crippen LogP contribution >= 0.6 is 0 Å². The fourth-order valence-electron chi connectivity index (χ4n) is 3.94. The van der Waals surface area contributed by atoms with Crippen molar-refractivity contribution < 1.29 is 14.3 Å². The van der Waals surface area contributed by atoms with Gasteiger partial charge in [-0.25, -0.2) is 0 Å². The Bertz CT molecular complexity index is 937. The molecule has 0 bridgehead atoms. The minimum Gasteiger partial charge on any atom is -0.495 e. The maximum Gasteiger partial charge on any atom is 0.229 e. The normalized spacial score (nSPS) is 16.0. The van der Waals surface area contributed by atoms with Crippen LogP contribution in [0.5, 0.6) is 5.75 Å². The zero-order chi connectivity index (χ0) is 21.8. The van der Waals surface area contributed by atoms with Gasteiger partial charge in [-0.2, -0.15) is 0 Å². The van der Waals surface area contributed by atoms with Gasteiger partial charge in [-0.3, -0.25) is 9.59 Å². The van der Waals surface area contributed by atoms with Crippen molar-refractivity contribution in [3.05, 3.63) is 47.5 Å². The van der Waals surface area contributed by atoms with Crippen LogP contribution in [0.25, 0.3) is 0 Å². The maximum atomic E-state index is 12.9. The predicted octanol–water partition coefficient (Wildman–Crippen LogP) is 4.15. The van der Waals surface area contributed by atoms with Crippen LogP contribution in [-0.4, -0.2) is 38.6 Å². The number of aryl methyl sites for hydroxylation is 2. The number of benzene rings is 2. The molecular weight excluding hydrogens is 378 g/mol. The highest BCUT2D eigenvalue weighted by molar-refractivity contribution is 6.04. The van der Waals surface area contributed by atoms with E-state index in [4.69, 9.17) is 4.74 Å². The number of carbonyl (C=O) groups is 2. The first kappa shape index (κ1) is 21.7. The first-order valence-corrected chi connectivity index (χ1v) is 10.5. The average molecular weight is 410 g/mol. The van der Waals surface area contributed by atoms with Crippen molar-refractivity contribution >= 4 is 28.9 Å². The topological polar surface area (TPSA) is 61.9 Å². The Labute approximate surface area is 178 Å². The fraction of sp³-hybridized carbons (Fsp3) is 0.417. The fourth-order valence-corrected chi connectivity index (χ4v) is 3.94. The molecule has 0 aliphatic carbocycles. The van der Waals surface area contributed by atoms with E-state index in [2.05, 4.69) is 30.1 Å². The van der Waals surface area contributed by atoms with Crippen molar-refractivity contribution in [2.24, 2.45) is 5.92 Å². The van der Waals surface area contributed by atoms with Crippen LogP contribution in [0, 0.1) is 19.8 Å². The third kappa shape index (κ3) is 4.42. The van der Waals surface area contributed by atoms with Crippen LogP contribution in [0.3, 0.4) is 0 Å². The van der Waals surface area contributed by atoms with Gasteiger partial charge in [0, 0.05) is 37.4 Å². The first-order chi connectivity index (χ1) is 14.4. The van der Waals surface area contributed by atoms with Gasteiger partial charge in [0.2, 0.25) is 11.8 Å². The number of ether oxygens (including phenoxy) is 1. The standard InChI is InChI=1S/C24H31N3O3/c1-6-26(7-2)19-9-10-20(17(4)13-19)25-24(29)18-14-23(28)27(15-18)21-12-16(3)8-11-22(21)30-5/h8-13,18H,6-7,14-15H2,1-5H3,(H,25,29). The quantitative estimate of drug-likeness (QED) is 0.746. The molecule has 1 saturated heterocycles. The average Bonchev–Trinajstić information content (AvgIpc) is 3.12. The molecule has 1 atom stereocenters. The van der Waals surface area contributed by atoms with Crippen molar-refractivity contribution in [1.29, 1.82) is 0 Å². The van der Waals surface area contributed by atoms with Gasteiger partial charge in [-0.1, -0.05) is 6.07 Å². The van der Waals surface area contributed by atoms with Gasteiger partial charge in [0.25, 0.3) is 0 Å². The van der Waals surface area contributed by atoms with Crippen LogP contribution in [0.15, 0.2) is 36.4 Å². The summed E-state index contributed by atoms with van der Waals surface area (Å²) in [6.07, 6.45) is 0.194. The molecule has 1 heterocycles. The van der Waals surface area contributed by atoms with Crippen LogP contribution in [0.4, 0.5) is 17.1 Å². The summed E-state index contributed by atoms with van der Waals surface area (Å²) in [5.74, 6) is 0.0474. The molecular formula is C24H31N3O3. The summed E-state index contributed by atoms with van der Waals surface area (Å²) in [7, 11) is 1.59. The van der Waals surface area contributed by atoms with E-state index in [0.717, 1.165) is 41.3 Å². The van der Waals surface area contributed by atoms with Gasteiger partial charge in [0.15, 0.2) is 0 Å². The molecule has 160 valence electrons. The Morgan fingerprint density at radius 2 is 1.90 bits per heavy atom. The molecule has 0 aromatic heterocycles.